The van der Waals surface area contributed by atoms with Gasteiger partial charge in [-0.05, 0) is 51.6 Å². The van der Waals surface area contributed by atoms with Crippen molar-refractivity contribution in [1.29, 1.82) is 0 Å². The minimum absolute atomic E-state index is 0.0262. The SMILES string of the molecule is CC.CNC(CCCCCOC)CNC(=O)N(C)CCCCCc1cccc(C)c1.COC(=O)NCCO. The average molecular weight is 541 g/mol. The van der Waals surface area contributed by atoms with Crippen molar-refractivity contribution in [3.05, 3.63) is 35.4 Å². The normalized spacial score (nSPS) is 10.7. The number of hydrogen-bond donors (Lipinski definition) is 4. The highest BCUT2D eigenvalue weighted by atomic mass is 16.5. The molecule has 1 rings (SSSR count). The zero-order valence-electron chi connectivity index (χ0n) is 25.1. The third-order valence-electron chi connectivity index (χ3n) is 5.76. The summed E-state index contributed by atoms with van der Waals surface area (Å²) in [5, 5.41) is 16.8. The Labute approximate surface area is 232 Å². The van der Waals surface area contributed by atoms with Crippen LogP contribution in [-0.2, 0) is 15.9 Å². The first-order chi connectivity index (χ1) is 18.4. The third-order valence-corrected chi connectivity index (χ3v) is 5.76. The maximum atomic E-state index is 12.3. The maximum Gasteiger partial charge on any atom is 0.406 e. The molecule has 38 heavy (non-hydrogen) atoms. The van der Waals surface area contributed by atoms with Gasteiger partial charge in [-0.1, -0.05) is 62.9 Å². The van der Waals surface area contributed by atoms with Crippen molar-refractivity contribution >= 4 is 12.1 Å². The topological polar surface area (TPSA) is 112 Å². The monoisotopic (exact) mass is 540 g/mol. The lowest BCUT2D eigenvalue weighted by atomic mass is 10.0. The molecular weight excluding hydrogens is 484 g/mol. The Morgan fingerprint density at radius 1 is 1.03 bits per heavy atom. The molecule has 1 aromatic carbocycles. The summed E-state index contributed by atoms with van der Waals surface area (Å²) in [6.07, 6.45) is 8.46. The molecule has 0 aliphatic rings. The summed E-state index contributed by atoms with van der Waals surface area (Å²) >= 11 is 0. The highest BCUT2D eigenvalue weighted by Crippen LogP contribution is 2.09. The standard InChI is InChI=1S/C23H41N3O2.C4H9NO3.C2H6/c1-20-12-11-14-21(18-20)13-7-5-9-16-26(3)23(27)25-19-22(24-2)15-8-6-10-17-28-4;1-8-4(7)5-2-3-6;1-2/h11-12,14,18,22,24H,5-10,13,15-17,19H2,1-4H3,(H,25,27);6H,2-3H2,1H3,(H,5,7);1-2H3. The number of nitrogens with one attached hydrogen (secondary N) is 3. The van der Waals surface area contributed by atoms with Crippen molar-refractivity contribution in [1.82, 2.24) is 20.9 Å². The summed E-state index contributed by atoms with van der Waals surface area (Å²) in [7, 11) is 6.86. The zero-order chi connectivity index (χ0) is 29.0. The van der Waals surface area contributed by atoms with E-state index >= 15 is 0 Å². The van der Waals surface area contributed by atoms with E-state index in [0.717, 1.165) is 51.7 Å². The predicted molar refractivity (Wildman–Crippen MR) is 157 cm³/mol. The molecule has 1 atom stereocenters. The first-order valence-corrected chi connectivity index (χ1v) is 14.0. The van der Waals surface area contributed by atoms with Crippen LogP contribution in [0.5, 0.6) is 0 Å². The molecule has 222 valence electrons. The lowest BCUT2D eigenvalue weighted by molar-refractivity contribution is 0.167. The fourth-order valence-electron chi connectivity index (χ4n) is 3.56. The molecule has 4 N–H and O–H groups in total. The van der Waals surface area contributed by atoms with Gasteiger partial charge in [-0.3, -0.25) is 0 Å². The van der Waals surface area contributed by atoms with E-state index < -0.39 is 6.09 Å². The number of carbonyl (C=O) groups is 2. The van der Waals surface area contributed by atoms with Gasteiger partial charge in [-0.2, -0.15) is 0 Å². The van der Waals surface area contributed by atoms with Crippen molar-refractivity contribution in [2.24, 2.45) is 0 Å². The van der Waals surface area contributed by atoms with Crippen LogP contribution in [0.25, 0.3) is 0 Å². The lowest BCUT2D eigenvalue weighted by Crippen LogP contribution is -2.44. The molecule has 0 aromatic heterocycles. The molecule has 0 saturated heterocycles. The van der Waals surface area contributed by atoms with Crippen molar-refractivity contribution < 1.29 is 24.2 Å². The first kappa shape index (κ1) is 37.8. The Morgan fingerprint density at radius 2 is 1.74 bits per heavy atom. The summed E-state index contributed by atoms with van der Waals surface area (Å²) < 4.78 is 9.27. The van der Waals surface area contributed by atoms with Crippen LogP contribution in [0.15, 0.2) is 24.3 Å². The van der Waals surface area contributed by atoms with E-state index in [9.17, 15) is 9.59 Å². The number of hydrogen-bond acceptors (Lipinski definition) is 6. The van der Waals surface area contributed by atoms with Crippen molar-refractivity contribution in [2.45, 2.75) is 78.2 Å². The van der Waals surface area contributed by atoms with Crippen LogP contribution >= 0.6 is 0 Å². The van der Waals surface area contributed by atoms with Crippen LogP contribution in [0.2, 0.25) is 0 Å². The summed E-state index contributed by atoms with van der Waals surface area (Å²) in [6.45, 7) is 8.63. The number of amides is 3. The van der Waals surface area contributed by atoms with Crippen LogP contribution in [-0.4, -0.2) is 89.3 Å². The molecule has 0 fully saturated rings. The number of nitrogens with zero attached hydrogens (tertiary/aromatic N) is 1. The Bertz CT molecular complexity index is 691. The molecule has 1 unspecified atom stereocenters. The number of aliphatic hydroxyl groups is 1. The molecule has 0 aliphatic heterocycles. The summed E-state index contributed by atoms with van der Waals surface area (Å²) in [4.78, 5) is 24.2. The van der Waals surface area contributed by atoms with Gasteiger partial charge in [0.15, 0.2) is 0 Å². The number of likely N-dealkylation sites (N-methyl/N-ethyl adjacent to an activating group) is 1. The number of alkyl carbamates (subject to hydrolysis) is 1. The van der Waals surface area contributed by atoms with Gasteiger partial charge < -0.3 is 35.4 Å². The van der Waals surface area contributed by atoms with Crippen LogP contribution in [0.4, 0.5) is 9.59 Å². The molecule has 0 radical (unpaired) electrons. The molecular formula is C29H56N4O5. The molecule has 1 aromatic rings. The van der Waals surface area contributed by atoms with E-state index in [0.29, 0.717) is 12.6 Å². The van der Waals surface area contributed by atoms with Gasteiger partial charge in [0, 0.05) is 46.4 Å². The van der Waals surface area contributed by atoms with Gasteiger partial charge in [-0.25, -0.2) is 9.59 Å². The molecule has 3 amide bonds. The minimum atomic E-state index is -0.515. The molecule has 0 aliphatic carbocycles. The van der Waals surface area contributed by atoms with Crippen LogP contribution < -0.4 is 16.0 Å². The number of aliphatic hydroxyl groups excluding tert-OH is 1. The zero-order valence-corrected chi connectivity index (χ0v) is 25.1. The number of methoxy groups -OCH3 is 2. The Hall–Kier alpha value is -2.36. The quantitative estimate of drug-likeness (QED) is 0.216. The van der Waals surface area contributed by atoms with Gasteiger partial charge in [0.1, 0.15) is 0 Å². The maximum absolute atomic E-state index is 12.3. The van der Waals surface area contributed by atoms with E-state index in [1.165, 1.54) is 31.1 Å². The fourth-order valence-corrected chi connectivity index (χ4v) is 3.56. The predicted octanol–water partition coefficient (Wildman–Crippen LogP) is 4.50. The highest BCUT2D eigenvalue weighted by Gasteiger charge is 2.11. The molecule has 0 heterocycles. The number of urea groups is 1. The number of aryl methyl sites for hydroxylation is 2. The lowest BCUT2D eigenvalue weighted by Gasteiger charge is -2.21. The largest absolute Gasteiger partial charge is 0.453 e. The number of unbranched alkanes of at least 4 members (excludes halogenated alkanes) is 4. The Morgan fingerprint density at radius 3 is 2.34 bits per heavy atom. The summed E-state index contributed by atoms with van der Waals surface area (Å²) in [5.74, 6) is 0. The summed E-state index contributed by atoms with van der Waals surface area (Å²) in [5.41, 5.74) is 2.73. The van der Waals surface area contributed by atoms with E-state index in [4.69, 9.17) is 9.84 Å². The van der Waals surface area contributed by atoms with Crippen molar-refractivity contribution in [3.63, 3.8) is 0 Å². The second-order valence-corrected chi connectivity index (χ2v) is 8.88. The Kier molecular flexibility index (Phi) is 27.5. The van der Waals surface area contributed by atoms with E-state index in [1.807, 2.05) is 27.9 Å². The molecule has 9 heteroatoms. The second kappa shape index (κ2) is 27.7. The molecule has 0 bridgehead atoms. The van der Waals surface area contributed by atoms with Gasteiger partial charge in [-0.15, -0.1) is 0 Å². The molecule has 0 spiro atoms. The van der Waals surface area contributed by atoms with Crippen LogP contribution in [0, 0.1) is 6.92 Å². The average Bonchev–Trinajstić information content (AvgIpc) is 2.94. The van der Waals surface area contributed by atoms with Crippen molar-refractivity contribution in [2.75, 3.05) is 61.2 Å². The van der Waals surface area contributed by atoms with Crippen molar-refractivity contribution in [3.8, 4) is 0 Å². The fraction of sp³-hybridized carbons (Fsp3) is 0.724. The smallest absolute Gasteiger partial charge is 0.406 e. The highest BCUT2D eigenvalue weighted by molar-refractivity contribution is 5.73. The van der Waals surface area contributed by atoms with E-state index in [1.54, 1.807) is 12.0 Å². The first-order valence-electron chi connectivity index (χ1n) is 14.0. The molecule has 0 saturated carbocycles. The van der Waals surface area contributed by atoms with Gasteiger partial charge in [0.25, 0.3) is 0 Å². The summed E-state index contributed by atoms with van der Waals surface area (Å²) in [6, 6.07) is 9.07. The number of carbonyl (C=O) groups excluding carboxylic acids is 2. The van der Waals surface area contributed by atoms with E-state index in [2.05, 4.69) is 51.9 Å². The number of rotatable bonds is 17. The third kappa shape index (κ3) is 22.8. The second-order valence-electron chi connectivity index (χ2n) is 8.88. The molecule has 9 nitrogen and oxygen atoms in total. The number of benzene rings is 1. The Balaban J connectivity index is 0. The van der Waals surface area contributed by atoms with E-state index in [-0.39, 0.29) is 19.2 Å². The van der Waals surface area contributed by atoms with Gasteiger partial charge in [0.05, 0.1) is 13.7 Å². The minimum Gasteiger partial charge on any atom is -0.453 e. The number of ether oxygens (including phenoxy) is 2. The van der Waals surface area contributed by atoms with Gasteiger partial charge >= 0.3 is 12.1 Å². The van der Waals surface area contributed by atoms with Gasteiger partial charge in [0.2, 0.25) is 0 Å². The van der Waals surface area contributed by atoms with Crippen LogP contribution in [0.3, 0.4) is 0 Å². The van der Waals surface area contributed by atoms with Crippen LogP contribution in [0.1, 0.15) is 69.9 Å².